The van der Waals surface area contributed by atoms with Gasteiger partial charge in [-0.25, -0.2) is 4.98 Å². The highest BCUT2D eigenvalue weighted by molar-refractivity contribution is 8.01. The average Bonchev–Trinajstić information content (AvgIpc) is 3.37. The highest BCUT2D eigenvalue weighted by Crippen LogP contribution is 2.28. The maximum Gasteiger partial charge on any atom is 0.269 e. The first-order valence-corrected chi connectivity index (χ1v) is 12.9. The SMILES string of the molecule is CN1CCN(C(=O)C(Sc2nc3[nH]ncc3c(=O)n2-c2ccccc2)C(=O)N2CCN(C)CC2)CC1. The second kappa shape index (κ2) is 10.4. The standard InChI is InChI=1S/C24H30N8O3S/c1-28-8-12-30(13-9-28)22(34)19(23(35)31-14-10-29(2)11-15-31)36-24-26-20-18(16-25-27-20)21(33)32(24)17-6-4-3-5-7-17/h3-7,16,19H,8-15H2,1-2H3,(H,25,27). The van der Waals surface area contributed by atoms with Crippen LogP contribution in [0.1, 0.15) is 0 Å². The number of nitrogens with one attached hydrogen (secondary N) is 1. The predicted molar refractivity (Wildman–Crippen MR) is 137 cm³/mol. The number of carbonyl (C=O) groups is 2. The number of para-hydroxylation sites is 1. The van der Waals surface area contributed by atoms with Crippen molar-refractivity contribution in [2.45, 2.75) is 10.4 Å². The van der Waals surface area contributed by atoms with E-state index in [-0.39, 0.29) is 22.5 Å². The van der Waals surface area contributed by atoms with Crippen molar-refractivity contribution in [3.05, 3.63) is 46.9 Å². The highest BCUT2D eigenvalue weighted by atomic mass is 32.2. The minimum Gasteiger partial charge on any atom is -0.339 e. The van der Waals surface area contributed by atoms with Gasteiger partial charge >= 0.3 is 0 Å². The number of thioether (sulfide) groups is 1. The van der Waals surface area contributed by atoms with E-state index in [1.807, 2.05) is 32.3 Å². The lowest BCUT2D eigenvalue weighted by Gasteiger charge is -2.37. The maximum absolute atomic E-state index is 13.8. The fourth-order valence-corrected chi connectivity index (χ4v) is 5.60. The van der Waals surface area contributed by atoms with E-state index >= 15 is 0 Å². The molecule has 12 heteroatoms. The van der Waals surface area contributed by atoms with Gasteiger partial charge in [-0.15, -0.1) is 0 Å². The molecule has 1 N–H and O–H groups in total. The molecule has 11 nitrogen and oxygen atoms in total. The lowest BCUT2D eigenvalue weighted by molar-refractivity contribution is -0.141. The molecule has 5 rings (SSSR count). The van der Waals surface area contributed by atoms with Crippen molar-refractivity contribution >= 4 is 34.6 Å². The normalized spacial score (nSPS) is 17.8. The van der Waals surface area contributed by atoms with Crippen LogP contribution in [0.2, 0.25) is 0 Å². The molecular formula is C24H30N8O3S. The van der Waals surface area contributed by atoms with E-state index in [1.54, 1.807) is 21.9 Å². The zero-order chi connectivity index (χ0) is 25.2. The Bertz CT molecular complexity index is 1260. The number of hydrogen-bond acceptors (Lipinski definition) is 8. The van der Waals surface area contributed by atoms with Crippen molar-refractivity contribution in [3.63, 3.8) is 0 Å². The molecule has 2 fully saturated rings. The Labute approximate surface area is 213 Å². The fraction of sp³-hybridized carbons (Fsp3) is 0.458. The van der Waals surface area contributed by atoms with Crippen molar-refractivity contribution in [1.82, 2.24) is 39.3 Å². The fourth-order valence-electron chi connectivity index (χ4n) is 4.46. The van der Waals surface area contributed by atoms with Crippen LogP contribution in [0.5, 0.6) is 0 Å². The van der Waals surface area contributed by atoms with Crippen LogP contribution in [0.25, 0.3) is 16.7 Å². The Morgan fingerprint density at radius 2 is 1.44 bits per heavy atom. The Morgan fingerprint density at radius 1 is 0.889 bits per heavy atom. The van der Waals surface area contributed by atoms with Crippen molar-refractivity contribution in [1.29, 1.82) is 0 Å². The minimum absolute atomic E-state index is 0.240. The number of carbonyl (C=O) groups excluding carboxylic acids is 2. The number of nitrogens with zero attached hydrogens (tertiary/aromatic N) is 7. The third-order valence-corrected chi connectivity index (χ3v) is 7.89. The molecule has 2 aliphatic heterocycles. The molecule has 0 spiro atoms. The maximum atomic E-state index is 13.8. The van der Waals surface area contributed by atoms with Gasteiger partial charge in [0.2, 0.25) is 11.8 Å². The van der Waals surface area contributed by atoms with E-state index < -0.39 is 5.25 Å². The summed E-state index contributed by atoms with van der Waals surface area (Å²) in [6, 6.07) is 9.13. The van der Waals surface area contributed by atoms with Crippen LogP contribution in [0.15, 0.2) is 46.5 Å². The molecule has 0 radical (unpaired) electrons. The number of fused-ring (bicyclic) bond motifs is 1. The predicted octanol–water partition coefficient (Wildman–Crippen LogP) is 0.118. The monoisotopic (exact) mass is 510 g/mol. The van der Waals surface area contributed by atoms with Crippen LogP contribution in [0.3, 0.4) is 0 Å². The van der Waals surface area contributed by atoms with Crippen LogP contribution in [-0.4, -0.2) is 123 Å². The largest absolute Gasteiger partial charge is 0.339 e. The van der Waals surface area contributed by atoms with Gasteiger partial charge in [-0.3, -0.25) is 24.0 Å². The molecule has 3 aromatic rings. The molecule has 2 aromatic heterocycles. The zero-order valence-electron chi connectivity index (χ0n) is 20.5. The molecule has 0 bridgehead atoms. The molecule has 1 aromatic carbocycles. The van der Waals surface area contributed by atoms with Crippen LogP contribution in [0.4, 0.5) is 0 Å². The van der Waals surface area contributed by atoms with E-state index in [4.69, 9.17) is 0 Å². The lowest BCUT2D eigenvalue weighted by atomic mass is 10.2. The Hall–Kier alpha value is -3.22. The number of likely N-dealkylation sites (N-methyl/N-ethyl adjacent to an activating group) is 2. The van der Waals surface area contributed by atoms with E-state index in [0.717, 1.165) is 37.9 Å². The summed E-state index contributed by atoms with van der Waals surface area (Å²) >= 11 is 1.04. The van der Waals surface area contributed by atoms with E-state index in [9.17, 15) is 14.4 Å². The second-order valence-corrected chi connectivity index (χ2v) is 10.3. The van der Waals surface area contributed by atoms with Crippen LogP contribution in [0, 0.1) is 0 Å². The summed E-state index contributed by atoms with van der Waals surface area (Å²) < 4.78 is 1.46. The van der Waals surface area contributed by atoms with Crippen molar-refractivity contribution in [2.75, 3.05) is 66.5 Å². The summed E-state index contributed by atoms with van der Waals surface area (Å²) in [6.45, 7) is 5.22. The topological polar surface area (TPSA) is 111 Å². The van der Waals surface area contributed by atoms with Gasteiger partial charge in [0, 0.05) is 52.4 Å². The molecule has 2 aliphatic rings. The highest BCUT2D eigenvalue weighted by Gasteiger charge is 2.38. The first-order chi connectivity index (χ1) is 17.4. The molecular weight excluding hydrogens is 480 g/mol. The number of aromatic amines is 1. The van der Waals surface area contributed by atoms with Gasteiger partial charge in [0.05, 0.1) is 11.9 Å². The van der Waals surface area contributed by atoms with Gasteiger partial charge in [0.25, 0.3) is 5.56 Å². The minimum atomic E-state index is -1.04. The third kappa shape index (κ3) is 4.88. The smallest absolute Gasteiger partial charge is 0.269 e. The van der Waals surface area contributed by atoms with Crippen LogP contribution >= 0.6 is 11.8 Å². The van der Waals surface area contributed by atoms with E-state index in [0.29, 0.717) is 42.9 Å². The van der Waals surface area contributed by atoms with Crippen molar-refractivity contribution in [2.24, 2.45) is 0 Å². The first kappa shape index (κ1) is 24.5. The zero-order valence-corrected chi connectivity index (χ0v) is 21.3. The summed E-state index contributed by atoms with van der Waals surface area (Å²) in [5.41, 5.74) is 0.631. The van der Waals surface area contributed by atoms with Gasteiger partial charge in [-0.05, 0) is 26.2 Å². The molecule has 36 heavy (non-hydrogen) atoms. The molecule has 2 amide bonds. The number of rotatable bonds is 5. The lowest BCUT2D eigenvalue weighted by Crippen LogP contribution is -2.55. The quantitative estimate of drug-likeness (QED) is 0.293. The van der Waals surface area contributed by atoms with Crippen LogP contribution in [-0.2, 0) is 9.59 Å². The summed E-state index contributed by atoms with van der Waals surface area (Å²) in [4.78, 5) is 53.5. The number of piperazine rings is 2. The van der Waals surface area contributed by atoms with Gasteiger partial charge < -0.3 is 19.6 Å². The number of H-pyrrole nitrogens is 1. The Balaban J connectivity index is 1.54. The molecule has 190 valence electrons. The van der Waals surface area contributed by atoms with E-state index in [1.165, 1.54) is 10.8 Å². The van der Waals surface area contributed by atoms with Crippen LogP contribution < -0.4 is 5.56 Å². The number of aromatic nitrogens is 4. The van der Waals surface area contributed by atoms with Gasteiger partial charge in [0.15, 0.2) is 16.1 Å². The number of hydrogen-bond donors (Lipinski definition) is 1. The molecule has 4 heterocycles. The van der Waals surface area contributed by atoms with E-state index in [2.05, 4.69) is 25.0 Å². The summed E-state index contributed by atoms with van der Waals surface area (Å²) in [7, 11) is 4.04. The molecule has 0 aliphatic carbocycles. The molecule has 0 unspecified atom stereocenters. The van der Waals surface area contributed by atoms with Gasteiger partial charge in [0.1, 0.15) is 5.39 Å². The molecule has 0 saturated carbocycles. The molecule has 2 saturated heterocycles. The van der Waals surface area contributed by atoms with Gasteiger partial charge in [-0.1, -0.05) is 30.0 Å². The summed E-state index contributed by atoms with van der Waals surface area (Å²) in [5.74, 6) is -0.480. The van der Waals surface area contributed by atoms with Crippen molar-refractivity contribution < 1.29 is 9.59 Å². The third-order valence-electron chi connectivity index (χ3n) is 6.77. The second-order valence-electron chi connectivity index (χ2n) is 9.26. The Morgan fingerprint density at radius 3 is 2.00 bits per heavy atom. The first-order valence-electron chi connectivity index (χ1n) is 12.1. The van der Waals surface area contributed by atoms with Crippen molar-refractivity contribution in [3.8, 4) is 5.69 Å². The Kier molecular flexibility index (Phi) is 7.08. The number of benzene rings is 1. The summed E-state index contributed by atoms with van der Waals surface area (Å²) in [6.07, 6.45) is 1.45. The average molecular weight is 511 g/mol. The molecule has 0 atom stereocenters. The summed E-state index contributed by atoms with van der Waals surface area (Å²) in [5, 5.41) is 6.31. The van der Waals surface area contributed by atoms with Gasteiger partial charge in [-0.2, -0.15) is 5.10 Å². The number of amides is 2.